The Morgan fingerprint density at radius 2 is 1.87 bits per heavy atom. The predicted molar refractivity (Wildman–Crippen MR) is 122 cm³/mol. The number of nitrogens with one attached hydrogen (secondary N) is 1. The van der Waals surface area contributed by atoms with E-state index in [2.05, 4.69) is 44.5 Å². The molecule has 0 fully saturated rings. The largest absolute Gasteiger partial charge is 0.352 e. The van der Waals surface area contributed by atoms with Crippen molar-refractivity contribution in [1.82, 2.24) is 20.2 Å². The molecular weight excluding hydrogens is 392 g/mol. The minimum absolute atomic E-state index is 0.120. The van der Waals surface area contributed by atoms with Gasteiger partial charge in [-0.3, -0.25) is 9.69 Å². The topological polar surface area (TPSA) is 58.1 Å². The lowest BCUT2D eigenvalue weighted by Crippen LogP contribution is -2.34. The Bertz CT molecular complexity index is 1010. The lowest BCUT2D eigenvalue weighted by atomic mass is 10.00. The first-order chi connectivity index (χ1) is 14.7. The number of fused-ring (bicyclic) bond motifs is 1. The quantitative estimate of drug-likeness (QED) is 0.356. The Hall–Kier alpha value is -2.70. The summed E-state index contributed by atoms with van der Waals surface area (Å²) >= 11 is 1.47. The summed E-state index contributed by atoms with van der Waals surface area (Å²) in [5.74, 6) is -0.120. The second-order valence-electron chi connectivity index (χ2n) is 7.39. The first kappa shape index (κ1) is 20.6. The summed E-state index contributed by atoms with van der Waals surface area (Å²) < 4.78 is 0. The highest BCUT2D eigenvalue weighted by molar-refractivity contribution is 7.98. The van der Waals surface area contributed by atoms with Gasteiger partial charge in [-0.2, -0.15) is 0 Å². The zero-order valence-corrected chi connectivity index (χ0v) is 18.0. The summed E-state index contributed by atoms with van der Waals surface area (Å²) in [6.45, 7) is 3.68. The molecule has 1 aliphatic heterocycles. The number of aromatic nitrogens is 2. The van der Waals surface area contributed by atoms with E-state index in [9.17, 15) is 4.79 Å². The summed E-state index contributed by atoms with van der Waals surface area (Å²) in [4.78, 5) is 24.2. The molecule has 1 aromatic heterocycles. The first-order valence-electron chi connectivity index (χ1n) is 10.3. The molecule has 2 heterocycles. The summed E-state index contributed by atoms with van der Waals surface area (Å²) in [7, 11) is 0. The number of carbonyl (C=O) groups is 1. The van der Waals surface area contributed by atoms with Gasteiger partial charge in [0.2, 0.25) is 0 Å². The van der Waals surface area contributed by atoms with Crippen LogP contribution in [-0.4, -0.2) is 46.7 Å². The minimum atomic E-state index is -0.120. The van der Waals surface area contributed by atoms with Crippen LogP contribution in [0.1, 0.15) is 27.9 Å². The average Bonchev–Trinajstić information content (AvgIpc) is 2.81. The molecule has 1 amide bonds. The monoisotopic (exact) mass is 418 g/mol. The van der Waals surface area contributed by atoms with Crippen molar-refractivity contribution in [3.8, 4) is 11.3 Å². The van der Waals surface area contributed by atoms with Crippen LogP contribution in [0.15, 0.2) is 66.0 Å². The molecule has 6 heteroatoms. The summed E-state index contributed by atoms with van der Waals surface area (Å²) in [6, 6.07) is 18.5. The molecule has 0 aliphatic carbocycles. The van der Waals surface area contributed by atoms with Crippen molar-refractivity contribution in [2.75, 3.05) is 25.9 Å². The van der Waals surface area contributed by atoms with Crippen molar-refractivity contribution in [1.29, 1.82) is 0 Å². The van der Waals surface area contributed by atoms with Gasteiger partial charge >= 0.3 is 0 Å². The van der Waals surface area contributed by atoms with Crippen LogP contribution in [0.3, 0.4) is 0 Å². The molecule has 0 radical (unpaired) electrons. The summed E-state index contributed by atoms with van der Waals surface area (Å²) in [5.41, 5.74) is 5.01. The van der Waals surface area contributed by atoms with Crippen LogP contribution in [0.5, 0.6) is 0 Å². The number of benzene rings is 2. The molecular formula is C24H26N4OS. The van der Waals surface area contributed by atoms with E-state index in [0.717, 1.165) is 38.0 Å². The van der Waals surface area contributed by atoms with Crippen molar-refractivity contribution in [3.63, 3.8) is 0 Å². The van der Waals surface area contributed by atoms with E-state index in [1.165, 1.54) is 22.9 Å². The molecule has 0 bridgehead atoms. The molecule has 1 N–H and O–H groups in total. The Kier molecular flexibility index (Phi) is 6.77. The highest BCUT2D eigenvalue weighted by Crippen LogP contribution is 2.23. The lowest BCUT2D eigenvalue weighted by Gasteiger charge is -2.28. The van der Waals surface area contributed by atoms with E-state index in [1.54, 1.807) is 6.20 Å². The first-order valence-corrected chi connectivity index (χ1v) is 11.5. The number of carbonyl (C=O) groups excluding carboxylic acids is 1. The maximum absolute atomic E-state index is 12.8. The molecule has 30 heavy (non-hydrogen) atoms. The Morgan fingerprint density at radius 1 is 1.10 bits per heavy atom. The predicted octanol–water partition coefficient (Wildman–Crippen LogP) is 4.04. The highest BCUT2D eigenvalue weighted by Gasteiger charge is 2.17. The van der Waals surface area contributed by atoms with E-state index in [0.29, 0.717) is 23.0 Å². The number of amides is 1. The van der Waals surface area contributed by atoms with E-state index in [4.69, 9.17) is 0 Å². The third kappa shape index (κ3) is 4.89. The Morgan fingerprint density at radius 3 is 2.67 bits per heavy atom. The van der Waals surface area contributed by atoms with Crippen LogP contribution in [0.4, 0.5) is 0 Å². The van der Waals surface area contributed by atoms with Gasteiger partial charge in [-0.25, -0.2) is 9.97 Å². The minimum Gasteiger partial charge on any atom is -0.352 e. The zero-order valence-electron chi connectivity index (χ0n) is 17.2. The number of hydrogen-bond acceptors (Lipinski definition) is 5. The van der Waals surface area contributed by atoms with Gasteiger partial charge in [0.25, 0.3) is 5.91 Å². The number of hydrogen-bond donors (Lipinski definition) is 1. The van der Waals surface area contributed by atoms with E-state index in [-0.39, 0.29) is 5.91 Å². The van der Waals surface area contributed by atoms with Crippen molar-refractivity contribution in [3.05, 3.63) is 77.5 Å². The van der Waals surface area contributed by atoms with Crippen molar-refractivity contribution in [2.24, 2.45) is 0 Å². The van der Waals surface area contributed by atoms with Crippen LogP contribution in [0.2, 0.25) is 0 Å². The number of rotatable bonds is 7. The molecule has 0 unspecified atom stereocenters. The lowest BCUT2D eigenvalue weighted by molar-refractivity contribution is 0.0951. The van der Waals surface area contributed by atoms with Gasteiger partial charge in [0, 0.05) is 37.9 Å². The molecule has 0 saturated heterocycles. The second kappa shape index (κ2) is 9.87. The van der Waals surface area contributed by atoms with Gasteiger partial charge in [-0.15, -0.1) is 0 Å². The van der Waals surface area contributed by atoms with Gasteiger partial charge < -0.3 is 5.32 Å². The summed E-state index contributed by atoms with van der Waals surface area (Å²) in [6.07, 6.45) is 5.58. The molecule has 5 nitrogen and oxygen atoms in total. The van der Waals surface area contributed by atoms with Crippen molar-refractivity contribution in [2.45, 2.75) is 24.5 Å². The van der Waals surface area contributed by atoms with Gasteiger partial charge in [0.1, 0.15) is 0 Å². The van der Waals surface area contributed by atoms with Crippen LogP contribution in [0, 0.1) is 0 Å². The molecule has 0 saturated carbocycles. The van der Waals surface area contributed by atoms with Crippen LogP contribution >= 0.6 is 11.8 Å². The third-order valence-electron chi connectivity index (χ3n) is 5.39. The van der Waals surface area contributed by atoms with Crippen LogP contribution < -0.4 is 5.32 Å². The normalized spacial score (nSPS) is 13.6. The molecule has 3 aromatic rings. The number of nitrogens with zero attached hydrogens (tertiary/aromatic N) is 3. The Balaban J connectivity index is 1.35. The zero-order chi connectivity index (χ0) is 20.8. The van der Waals surface area contributed by atoms with E-state index < -0.39 is 0 Å². The molecule has 2 aromatic carbocycles. The Labute approximate surface area is 181 Å². The fourth-order valence-corrected chi connectivity index (χ4v) is 4.13. The molecule has 4 rings (SSSR count). The SMILES string of the molecule is CSc1ncc(C(=O)NCCCN2CCc3ccccc3C2)c(-c2ccccc2)n1. The van der Waals surface area contributed by atoms with Gasteiger partial charge in [-0.05, 0) is 30.2 Å². The van der Waals surface area contributed by atoms with E-state index >= 15 is 0 Å². The van der Waals surface area contributed by atoms with Crippen molar-refractivity contribution >= 4 is 17.7 Å². The molecule has 0 atom stereocenters. The smallest absolute Gasteiger partial charge is 0.255 e. The standard InChI is InChI=1S/C24H26N4OS/c1-30-24-26-16-21(22(27-24)19-9-3-2-4-10-19)23(29)25-13-7-14-28-15-12-18-8-5-6-11-20(18)17-28/h2-6,8-11,16H,7,12-15,17H2,1H3,(H,25,29). The maximum atomic E-state index is 12.8. The van der Waals surface area contributed by atoms with Gasteiger partial charge in [0.05, 0.1) is 11.3 Å². The fourth-order valence-electron chi connectivity index (χ4n) is 3.79. The van der Waals surface area contributed by atoms with Gasteiger partial charge in [0.15, 0.2) is 5.16 Å². The number of thioether (sulfide) groups is 1. The molecule has 154 valence electrons. The van der Waals surface area contributed by atoms with Crippen LogP contribution in [-0.2, 0) is 13.0 Å². The highest BCUT2D eigenvalue weighted by atomic mass is 32.2. The third-order valence-corrected chi connectivity index (χ3v) is 5.95. The average molecular weight is 419 g/mol. The molecule has 0 spiro atoms. The van der Waals surface area contributed by atoms with E-state index in [1.807, 2.05) is 36.6 Å². The second-order valence-corrected chi connectivity index (χ2v) is 8.16. The fraction of sp³-hybridized carbons (Fsp3) is 0.292. The van der Waals surface area contributed by atoms with Crippen LogP contribution in [0.25, 0.3) is 11.3 Å². The molecule has 1 aliphatic rings. The van der Waals surface area contributed by atoms with Crippen molar-refractivity contribution < 1.29 is 4.79 Å². The summed E-state index contributed by atoms with van der Waals surface area (Å²) in [5, 5.41) is 3.72. The maximum Gasteiger partial charge on any atom is 0.255 e. The van der Waals surface area contributed by atoms with Gasteiger partial charge in [-0.1, -0.05) is 66.4 Å².